The van der Waals surface area contributed by atoms with Crippen LogP contribution in [0.15, 0.2) is 22.6 Å². The van der Waals surface area contributed by atoms with Crippen LogP contribution >= 0.6 is 0 Å². The van der Waals surface area contributed by atoms with Crippen LogP contribution in [0.5, 0.6) is 0 Å². The molecule has 22 heavy (non-hydrogen) atoms. The van der Waals surface area contributed by atoms with E-state index in [1.807, 2.05) is 0 Å². The Kier molecular flexibility index (Phi) is 3.86. The zero-order chi connectivity index (χ0) is 15.9. The molecule has 7 nitrogen and oxygen atoms in total. The summed E-state index contributed by atoms with van der Waals surface area (Å²) >= 11 is 0. The number of carbonyl (C=O) groups is 1. The van der Waals surface area contributed by atoms with Gasteiger partial charge in [0.15, 0.2) is 11.5 Å². The third-order valence-corrected chi connectivity index (χ3v) is 4.11. The first-order valence-corrected chi connectivity index (χ1v) is 7.14. The molecule has 1 saturated carbocycles. The maximum absolute atomic E-state index is 12.3. The number of benzene rings is 1. The molecule has 1 amide bonds. The second-order valence-electron chi connectivity index (χ2n) is 5.65. The molecule has 1 aliphatic carbocycles. The number of oxazole rings is 1. The lowest BCUT2D eigenvalue weighted by Crippen LogP contribution is -2.43. The first kappa shape index (κ1) is 15.0. The van der Waals surface area contributed by atoms with Crippen LogP contribution in [-0.2, 0) is 0 Å². The van der Waals surface area contributed by atoms with Crippen molar-refractivity contribution in [2.45, 2.75) is 31.6 Å². The summed E-state index contributed by atoms with van der Waals surface area (Å²) in [5.74, 6) is -0.279. The molecule has 1 heterocycles. The van der Waals surface area contributed by atoms with Crippen LogP contribution in [-0.4, -0.2) is 51.1 Å². The fraction of sp³-hybridized carbons (Fsp3) is 0.467. The van der Waals surface area contributed by atoms with Gasteiger partial charge in [0.25, 0.3) is 5.91 Å². The summed E-state index contributed by atoms with van der Waals surface area (Å²) in [6, 6.07) is 4.32. The smallest absolute Gasteiger partial charge is 0.251 e. The Labute approximate surface area is 126 Å². The number of carbonyl (C=O) groups excluding carboxylic acids is 1. The molecular formula is C15H18N2O5. The number of aliphatic hydroxyl groups excluding tert-OH is 3. The lowest BCUT2D eigenvalue weighted by Gasteiger charge is -2.18. The average molecular weight is 306 g/mol. The zero-order valence-electron chi connectivity index (χ0n) is 12.1. The van der Waals surface area contributed by atoms with Crippen LogP contribution in [0.2, 0.25) is 0 Å². The van der Waals surface area contributed by atoms with Crippen LogP contribution in [0, 0.1) is 12.8 Å². The van der Waals surface area contributed by atoms with E-state index in [9.17, 15) is 15.0 Å². The third kappa shape index (κ3) is 2.58. The van der Waals surface area contributed by atoms with E-state index in [1.165, 1.54) is 0 Å². The van der Waals surface area contributed by atoms with Crippen molar-refractivity contribution >= 4 is 17.0 Å². The molecule has 2 aromatic rings. The molecule has 0 aliphatic heterocycles. The molecule has 7 heteroatoms. The average Bonchev–Trinajstić information content (AvgIpc) is 2.99. The molecule has 1 aliphatic rings. The fourth-order valence-corrected chi connectivity index (χ4v) is 2.88. The molecule has 118 valence electrons. The first-order valence-electron chi connectivity index (χ1n) is 7.14. The second-order valence-corrected chi connectivity index (χ2v) is 5.65. The summed E-state index contributed by atoms with van der Waals surface area (Å²) in [6.07, 6.45) is -1.79. The summed E-state index contributed by atoms with van der Waals surface area (Å²) in [5.41, 5.74) is 1.58. The minimum absolute atomic E-state index is 0.228. The number of aromatic nitrogens is 1. The van der Waals surface area contributed by atoms with Gasteiger partial charge < -0.3 is 25.1 Å². The maximum atomic E-state index is 12.3. The van der Waals surface area contributed by atoms with Crippen molar-refractivity contribution in [3.63, 3.8) is 0 Å². The highest BCUT2D eigenvalue weighted by molar-refractivity contribution is 5.97. The van der Waals surface area contributed by atoms with Crippen LogP contribution < -0.4 is 5.32 Å². The summed E-state index contributed by atoms with van der Waals surface area (Å²) in [6.45, 7) is 1.50. The highest BCUT2D eigenvalue weighted by Gasteiger charge is 2.41. The molecule has 0 radical (unpaired) electrons. The Balaban J connectivity index is 1.75. The number of rotatable bonds is 3. The molecule has 0 saturated heterocycles. The number of aliphatic hydroxyl groups is 3. The van der Waals surface area contributed by atoms with Gasteiger partial charge >= 0.3 is 0 Å². The van der Waals surface area contributed by atoms with Gasteiger partial charge in [0.05, 0.1) is 12.1 Å². The predicted molar refractivity (Wildman–Crippen MR) is 77.2 cm³/mol. The fourth-order valence-electron chi connectivity index (χ4n) is 2.88. The standard InChI is InChI=1S/C15H18N2O5/c1-7-16-10-3-2-8(5-12(10)22-7)15(21)17-11-4-9(6-18)13(19)14(11)20/h2-3,5,9,11,13-14,18-20H,4,6H2,1H3,(H,17,21)/t9-,11-,13-,14+/m1/s1. The summed E-state index contributed by atoms with van der Waals surface area (Å²) in [4.78, 5) is 16.4. The molecular weight excluding hydrogens is 288 g/mol. The van der Waals surface area contributed by atoms with Gasteiger partial charge in [-0.15, -0.1) is 0 Å². The molecule has 1 fully saturated rings. The van der Waals surface area contributed by atoms with Crippen molar-refractivity contribution in [1.82, 2.24) is 10.3 Å². The van der Waals surface area contributed by atoms with Crippen LogP contribution in [0.3, 0.4) is 0 Å². The molecule has 0 spiro atoms. The summed E-state index contributed by atoms with van der Waals surface area (Å²) in [7, 11) is 0. The van der Waals surface area contributed by atoms with E-state index in [0.717, 1.165) is 0 Å². The topological polar surface area (TPSA) is 116 Å². The van der Waals surface area contributed by atoms with Crippen molar-refractivity contribution in [2.24, 2.45) is 5.92 Å². The van der Waals surface area contributed by atoms with Gasteiger partial charge in [-0.1, -0.05) is 0 Å². The monoisotopic (exact) mass is 306 g/mol. The highest BCUT2D eigenvalue weighted by atomic mass is 16.3. The number of hydrogen-bond donors (Lipinski definition) is 4. The Morgan fingerprint density at radius 1 is 1.41 bits per heavy atom. The minimum atomic E-state index is -1.09. The van der Waals surface area contributed by atoms with E-state index in [1.54, 1.807) is 25.1 Å². The van der Waals surface area contributed by atoms with Crippen molar-refractivity contribution in [1.29, 1.82) is 0 Å². The van der Waals surface area contributed by atoms with Crippen LogP contribution in [0.1, 0.15) is 22.7 Å². The number of fused-ring (bicyclic) bond motifs is 1. The number of amides is 1. The van der Waals surface area contributed by atoms with E-state index in [4.69, 9.17) is 9.52 Å². The Hall–Kier alpha value is -1.96. The summed E-state index contributed by atoms with van der Waals surface area (Å²) < 4.78 is 5.39. The number of nitrogens with zero attached hydrogens (tertiary/aromatic N) is 1. The number of hydrogen-bond acceptors (Lipinski definition) is 6. The van der Waals surface area contributed by atoms with Gasteiger partial charge in [0.1, 0.15) is 11.6 Å². The van der Waals surface area contributed by atoms with E-state index >= 15 is 0 Å². The highest BCUT2D eigenvalue weighted by Crippen LogP contribution is 2.27. The number of aryl methyl sites for hydroxylation is 1. The van der Waals surface area contributed by atoms with Gasteiger partial charge in [0.2, 0.25) is 0 Å². The first-order chi connectivity index (χ1) is 10.5. The lowest BCUT2D eigenvalue weighted by molar-refractivity contribution is 0.000136. The minimum Gasteiger partial charge on any atom is -0.441 e. The SMILES string of the molecule is Cc1nc2ccc(C(=O)N[C@@H]3C[C@H](CO)[C@@H](O)[C@H]3O)cc2o1. The van der Waals surface area contributed by atoms with Gasteiger partial charge in [-0.05, 0) is 24.6 Å². The number of nitrogens with one attached hydrogen (secondary N) is 1. The maximum Gasteiger partial charge on any atom is 0.251 e. The van der Waals surface area contributed by atoms with Gasteiger partial charge in [-0.3, -0.25) is 4.79 Å². The van der Waals surface area contributed by atoms with Crippen LogP contribution in [0.25, 0.3) is 11.1 Å². The second kappa shape index (κ2) is 5.68. The quantitative estimate of drug-likeness (QED) is 0.633. The Morgan fingerprint density at radius 2 is 2.18 bits per heavy atom. The van der Waals surface area contributed by atoms with Crippen molar-refractivity contribution in [3.8, 4) is 0 Å². The van der Waals surface area contributed by atoms with Gasteiger partial charge in [0, 0.05) is 25.0 Å². The zero-order valence-corrected chi connectivity index (χ0v) is 12.1. The Bertz CT molecular complexity index is 698. The molecule has 1 aromatic carbocycles. The molecule has 1 aromatic heterocycles. The van der Waals surface area contributed by atoms with Crippen molar-refractivity contribution in [3.05, 3.63) is 29.7 Å². The van der Waals surface area contributed by atoms with Gasteiger partial charge in [-0.25, -0.2) is 4.98 Å². The molecule has 3 rings (SSSR count). The summed E-state index contributed by atoms with van der Waals surface area (Å²) in [5, 5.41) is 31.5. The van der Waals surface area contributed by atoms with Crippen molar-refractivity contribution in [2.75, 3.05) is 6.61 Å². The Morgan fingerprint density at radius 3 is 2.86 bits per heavy atom. The molecule has 0 unspecified atom stereocenters. The van der Waals surface area contributed by atoms with E-state index in [2.05, 4.69) is 10.3 Å². The van der Waals surface area contributed by atoms with Crippen molar-refractivity contribution < 1.29 is 24.5 Å². The largest absolute Gasteiger partial charge is 0.441 e. The molecule has 4 atom stereocenters. The van der Waals surface area contributed by atoms with E-state index in [0.29, 0.717) is 29.0 Å². The van der Waals surface area contributed by atoms with Gasteiger partial charge in [-0.2, -0.15) is 0 Å². The normalized spacial score (nSPS) is 28.2. The van der Waals surface area contributed by atoms with E-state index in [-0.39, 0.29) is 12.5 Å². The third-order valence-electron chi connectivity index (χ3n) is 4.11. The predicted octanol–water partition coefficient (Wildman–Crippen LogP) is -0.0314. The lowest BCUT2D eigenvalue weighted by atomic mass is 10.1. The van der Waals surface area contributed by atoms with Crippen LogP contribution in [0.4, 0.5) is 0 Å². The molecule has 0 bridgehead atoms. The van der Waals surface area contributed by atoms with E-state index < -0.39 is 24.2 Å². The molecule has 4 N–H and O–H groups in total.